The van der Waals surface area contributed by atoms with Crippen LogP contribution in [-0.2, 0) is 10.2 Å². The zero-order valence-electron chi connectivity index (χ0n) is 9.77. The van der Waals surface area contributed by atoms with Crippen LogP contribution in [0.4, 0.5) is 0 Å². The van der Waals surface area contributed by atoms with Crippen LogP contribution in [0, 0.1) is 5.41 Å². The molecule has 18 heavy (non-hydrogen) atoms. The van der Waals surface area contributed by atoms with Crippen molar-refractivity contribution in [2.45, 2.75) is 24.7 Å². The minimum atomic E-state index is -1.01. The van der Waals surface area contributed by atoms with E-state index in [1.54, 1.807) is 6.07 Å². The minimum Gasteiger partial charge on any atom is -0.386 e. The maximum atomic E-state index is 12.7. The van der Waals surface area contributed by atoms with Crippen molar-refractivity contribution in [3.05, 3.63) is 35.4 Å². The number of hydrogen-bond donors (Lipinski definition) is 1. The molecule has 1 fully saturated rings. The Labute approximate surface area is 104 Å². The molecule has 0 spiro atoms. The van der Waals surface area contributed by atoms with Gasteiger partial charge in [-0.3, -0.25) is 9.59 Å². The number of Topliss-reactive ketones (excluding diaryl/α,β-unsaturated/α-hetero) is 1. The molecule has 1 heterocycles. The van der Waals surface area contributed by atoms with Gasteiger partial charge in [-0.25, -0.2) is 0 Å². The summed E-state index contributed by atoms with van der Waals surface area (Å²) in [7, 11) is 0. The standard InChI is InChI=1S/C14H12N2O2/c15-11-13-6-3-7-14(13,12(18)16-11)10(17)8-4-1-2-5-9(8)13/h1-2,4-5H,3,6-7H2,(H2,15,16,18). The van der Waals surface area contributed by atoms with E-state index < -0.39 is 10.8 Å². The molecule has 0 bridgehead atoms. The Kier molecular flexibility index (Phi) is 1.51. The largest absolute Gasteiger partial charge is 0.386 e. The Balaban J connectivity index is 2.15. The molecule has 1 aliphatic heterocycles. The van der Waals surface area contributed by atoms with Crippen LogP contribution in [-0.4, -0.2) is 17.5 Å². The van der Waals surface area contributed by atoms with Gasteiger partial charge in [0.15, 0.2) is 5.78 Å². The van der Waals surface area contributed by atoms with Crippen LogP contribution in [0.5, 0.6) is 0 Å². The summed E-state index contributed by atoms with van der Waals surface area (Å²) in [6.45, 7) is 0. The van der Waals surface area contributed by atoms with Crippen molar-refractivity contribution in [3.8, 4) is 0 Å². The lowest BCUT2D eigenvalue weighted by atomic mass is 9.66. The molecular weight excluding hydrogens is 228 g/mol. The molecule has 1 aromatic carbocycles. The first kappa shape index (κ1) is 10.00. The second-order valence-electron chi connectivity index (χ2n) is 5.34. The monoisotopic (exact) mass is 240 g/mol. The third-order valence-corrected chi connectivity index (χ3v) is 4.88. The van der Waals surface area contributed by atoms with Crippen molar-refractivity contribution in [2.24, 2.45) is 16.1 Å². The van der Waals surface area contributed by atoms with Gasteiger partial charge in [0.25, 0.3) is 5.91 Å². The molecule has 3 aliphatic rings. The molecule has 90 valence electrons. The van der Waals surface area contributed by atoms with E-state index >= 15 is 0 Å². The van der Waals surface area contributed by atoms with Crippen molar-refractivity contribution >= 4 is 17.5 Å². The summed E-state index contributed by atoms with van der Waals surface area (Å²) in [6, 6.07) is 7.44. The Hall–Kier alpha value is -1.97. The Morgan fingerprint density at radius 3 is 2.67 bits per heavy atom. The summed E-state index contributed by atoms with van der Waals surface area (Å²) in [4.78, 5) is 28.9. The summed E-state index contributed by atoms with van der Waals surface area (Å²) in [6.07, 6.45) is 2.17. The fraction of sp³-hybridized carbons (Fsp3) is 0.357. The fourth-order valence-corrected chi connectivity index (χ4v) is 4.17. The van der Waals surface area contributed by atoms with E-state index in [2.05, 4.69) is 4.99 Å². The van der Waals surface area contributed by atoms with Gasteiger partial charge in [0.1, 0.15) is 11.3 Å². The molecule has 4 rings (SSSR count). The van der Waals surface area contributed by atoms with Crippen LogP contribution >= 0.6 is 0 Å². The number of carbonyl (C=O) groups excluding carboxylic acids is 2. The second-order valence-corrected chi connectivity index (χ2v) is 5.34. The van der Waals surface area contributed by atoms with Crippen molar-refractivity contribution in [2.75, 3.05) is 0 Å². The van der Waals surface area contributed by atoms with Crippen LogP contribution in [0.15, 0.2) is 29.3 Å². The molecule has 4 heteroatoms. The van der Waals surface area contributed by atoms with Crippen molar-refractivity contribution in [1.82, 2.24) is 0 Å². The van der Waals surface area contributed by atoms with Gasteiger partial charge in [0.2, 0.25) is 0 Å². The van der Waals surface area contributed by atoms with Gasteiger partial charge in [0, 0.05) is 5.56 Å². The SMILES string of the molecule is NC1=NC(=O)C23CCCC12c1ccccc1C3=O. The molecule has 1 amide bonds. The number of rotatable bonds is 0. The molecule has 0 radical (unpaired) electrons. The molecule has 2 aliphatic carbocycles. The highest BCUT2D eigenvalue weighted by atomic mass is 16.2. The number of hydrogen-bond acceptors (Lipinski definition) is 3. The number of benzene rings is 1. The van der Waals surface area contributed by atoms with Gasteiger partial charge >= 0.3 is 0 Å². The number of amidine groups is 1. The molecule has 0 aromatic heterocycles. The normalized spacial score (nSPS) is 36.3. The van der Waals surface area contributed by atoms with E-state index in [1.165, 1.54) is 0 Å². The van der Waals surface area contributed by atoms with Crippen LogP contribution in [0.2, 0.25) is 0 Å². The Morgan fingerprint density at radius 1 is 1.11 bits per heavy atom. The number of aliphatic imine (C=N–C) groups is 1. The third-order valence-electron chi connectivity index (χ3n) is 4.88. The molecule has 1 saturated carbocycles. The lowest BCUT2D eigenvalue weighted by molar-refractivity contribution is -0.124. The van der Waals surface area contributed by atoms with Crippen LogP contribution < -0.4 is 5.73 Å². The second kappa shape index (κ2) is 2.71. The van der Waals surface area contributed by atoms with Gasteiger partial charge in [-0.1, -0.05) is 30.7 Å². The number of fused-ring (bicyclic) bond motifs is 1. The van der Waals surface area contributed by atoms with Gasteiger partial charge in [0.05, 0.1) is 5.41 Å². The predicted octanol–water partition coefficient (Wildman–Crippen LogP) is 1.19. The number of nitrogens with two attached hydrogens (primary N) is 1. The zero-order valence-corrected chi connectivity index (χ0v) is 9.77. The highest BCUT2D eigenvalue weighted by molar-refractivity contribution is 6.30. The molecule has 1 aromatic rings. The Morgan fingerprint density at radius 2 is 1.83 bits per heavy atom. The Bertz CT molecular complexity index is 649. The summed E-state index contributed by atoms with van der Waals surface area (Å²) < 4.78 is 0. The minimum absolute atomic E-state index is 0.0789. The van der Waals surface area contributed by atoms with E-state index in [-0.39, 0.29) is 11.7 Å². The average molecular weight is 240 g/mol. The first-order chi connectivity index (χ1) is 8.64. The third kappa shape index (κ3) is 0.707. The van der Waals surface area contributed by atoms with Crippen LogP contribution in [0.1, 0.15) is 35.2 Å². The van der Waals surface area contributed by atoms with E-state index in [0.29, 0.717) is 17.8 Å². The lowest BCUT2D eigenvalue weighted by Gasteiger charge is -2.30. The number of ketones is 1. The number of carbonyl (C=O) groups is 2. The summed E-state index contributed by atoms with van der Waals surface area (Å²) in [5, 5.41) is 0. The van der Waals surface area contributed by atoms with Crippen molar-refractivity contribution in [1.29, 1.82) is 0 Å². The number of nitrogens with zero attached hydrogens (tertiary/aromatic N) is 1. The van der Waals surface area contributed by atoms with E-state index in [9.17, 15) is 9.59 Å². The average Bonchev–Trinajstić information content (AvgIpc) is 2.93. The number of amides is 1. The molecular formula is C14H12N2O2. The van der Waals surface area contributed by atoms with Gasteiger partial charge in [-0.2, -0.15) is 4.99 Å². The molecule has 2 N–H and O–H groups in total. The molecule has 0 saturated heterocycles. The van der Waals surface area contributed by atoms with Gasteiger partial charge in [-0.05, 0) is 18.4 Å². The zero-order chi connectivity index (χ0) is 12.5. The molecule has 2 unspecified atom stereocenters. The van der Waals surface area contributed by atoms with Gasteiger partial charge in [-0.15, -0.1) is 0 Å². The van der Waals surface area contributed by atoms with Crippen molar-refractivity contribution in [3.63, 3.8) is 0 Å². The quantitative estimate of drug-likeness (QED) is 0.692. The smallest absolute Gasteiger partial charge is 0.262 e. The summed E-state index contributed by atoms with van der Waals surface area (Å²) in [5.41, 5.74) is 5.94. The highest BCUT2D eigenvalue weighted by Gasteiger charge is 2.74. The van der Waals surface area contributed by atoms with E-state index in [4.69, 9.17) is 5.73 Å². The predicted molar refractivity (Wildman–Crippen MR) is 65.4 cm³/mol. The molecule has 4 nitrogen and oxygen atoms in total. The van der Waals surface area contributed by atoms with E-state index in [0.717, 1.165) is 18.4 Å². The van der Waals surface area contributed by atoms with E-state index in [1.807, 2.05) is 18.2 Å². The first-order valence-electron chi connectivity index (χ1n) is 6.18. The summed E-state index contributed by atoms with van der Waals surface area (Å²) in [5.74, 6) is -0.0770. The fourth-order valence-electron chi connectivity index (χ4n) is 4.17. The maximum Gasteiger partial charge on any atom is 0.262 e. The maximum absolute atomic E-state index is 12.7. The topological polar surface area (TPSA) is 72.5 Å². The molecule has 2 atom stereocenters. The summed E-state index contributed by atoms with van der Waals surface area (Å²) >= 11 is 0. The highest BCUT2D eigenvalue weighted by Crippen LogP contribution is 2.64. The lowest BCUT2D eigenvalue weighted by Crippen LogP contribution is -2.48. The van der Waals surface area contributed by atoms with Gasteiger partial charge < -0.3 is 5.73 Å². The first-order valence-corrected chi connectivity index (χ1v) is 6.18. The van der Waals surface area contributed by atoms with Crippen LogP contribution in [0.25, 0.3) is 0 Å². The van der Waals surface area contributed by atoms with Crippen LogP contribution in [0.3, 0.4) is 0 Å². The van der Waals surface area contributed by atoms with Crippen molar-refractivity contribution < 1.29 is 9.59 Å².